The van der Waals surface area contributed by atoms with Crippen LogP contribution in [-0.2, 0) is 10.3 Å². The van der Waals surface area contributed by atoms with Crippen molar-refractivity contribution < 1.29 is 14.3 Å². The average molecular weight is 567 g/mol. The summed E-state index contributed by atoms with van der Waals surface area (Å²) in [4.78, 5) is 13.2. The molecule has 214 valence electrons. The molecule has 0 fully saturated rings. The Labute approximate surface area is 252 Å². The van der Waals surface area contributed by atoms with Crippen LogP contribution in [0.2, 0.25) is 0 Å². The van der Waals surface area contributed by atoms with Crippen molar-refractivity contribution >= 4 is 28.7 Å². The highest BCUT2D eigenvalue weighted by Crippen LogP contribution is 2.57. The molecule has 0 saturated heterocycles. The SMILES string of the molecule is CC(C)c1ccc(Nc2ccc3c(c2)Oc2cc(Nc4ccc(C(C)C)cc4)ccc2C32OC(=O)c3ccccc32)cc1. The summed E-state index contributed by atoms with van der Waals surface area (Å²) in [5, 5.41) is 7.01. The predicted octanol–water partition coefficient (Wildman–Crippen LogP) is 9.99. The lowest BCUT2D eigenvalue weighted by molar-refractivity contribution is 0.0224. The van der Waals surface area contributed by atoms with Crippen molar-refractivity contribution in [2.45, 2.75) is 45.1 Å². The van der Waals surface area contributed by atoms with Gasteiger partial charge in [0.25, 0.3) is 0 Å². The molecule has 7 rings (SSSR count). The number of esters is 1. The van der Waals surface area contributed by atoms with E-state index in [9.17, 15) is 4.79 Å². The fourth-order valence-electron chi connectivity index (χ4n) is 6.07. The van der Waals surface area contributed by atoms with Crippen LogP contribution < -0.4 is 15.4 Å². The first-order valence-electron chi connectivity index (χ1n) is 14.9. The minimum absolute atomic E-state index is 0.339. The van der Waals surface area contributed by atoms with E-state index in [1.807, 2.05) is 60.7 Å². The van der Waals surface area contributed by atoms with Crippen molar-refractivity contribution in [1.82, 2.24) is 0 Å². The summed E-state index contributed by atoms with van der Waals surface area (Å²) >= 11 is 0. The van der Waals surface area contributed by atoms with Gasteiger partial charge in [0.1, 0.15) is 11.5 Å². The molecule has 0 aliphatic carbocycles. The van der Waals surface area contributed by atoms with Gasteiger partial charge in [-0.05, 0) is 77.6 Å². The third-order valence-electron chi connectivity index (χ3n) is 8.45. The number of carbonyl (C=O) groups excluding carboxylic acids is 1. The zero-order valence-corrected chi connectivity index (χ0v) is 24.8. The predicted molar refractivity (Wildman–Crippen MR) is 172 cm³/mol. The van der Waals surface area contributed by atoms with Crippen LogP contribution in [0, 0.1) is 0 Å². The van der Waals surface area contributed by atoms with Gasteiger partial charge < -0.3 is 20.1 Å². The van der Waals surface area contributed by atoms with Gasteiger partial charge in [0.05, 0.1) is 5.56 Å². The highest BCUT2D eigenvalue weighted by Gasteiger charge is 2.53. The third-order valence-corrected chi connectivity index (χ3v) is 8.45. The van der Waals surface area contributed by atoms with Gasteiger partial charge >= 0.3 is 5.97 Å². The normalized spacial score (nSPS) is 14.1. The maximum atomic E-state index is 13.2. The lowest BCUT2D eigenvalue weighted by atomic mass is 9.77. The van der Waals surface area contributed by atoms with Crippen LogP contribution in [0.15, 0.2) is 109 Å². The van der Waals surface area contributed by atoms with E-state index in [4.69, 9.17) is 9.47 Å². The van der Waals surface area contributed by atoms with Crippen molar-refractivity contribution in [3.05, 3.63) is 143 Å². The van der Waals surface area contributed by atoms with E-state index >= 15 is 0 Å². The molecule has 5 aromatic rings. The molecule has 5 aromatic carbocycles. The maximum absolute atomic E-state index is 13.2. The van der Waals surface area contributed by atoms with E-state index in [2.05, 4.69) is 86.9 Å². The summed E-state index contributed by atoms with van der Waals surface area (Å²) < 4.78 is 12.9. The fourth-order valence-corrected chi connectivity index (χ4v) is 6.07. The number of rotatable bonds is 6. The Morgan fingerprint density at radius 2 is 1.02 bits per heavy atom. The zero-order valence-electron chi connectivity index (χ0n) is 24.8. The Balaban J connectivity index is 1.29. The molecule has 43 heavy (non-hydrogen) atoms. The number of ether oxygens (including phenoxy) is 2. The second-order valence-electron chi connectivity index (χ2n) is 11.9. The second-order valence-corrected chi connectivity index (χ2v) is 11.9. The van der Waals surface area contributed by atoms with Crippen molar-refractivity contribution in [3.8, 4) is 11.5 Å². The molecule has 0 unspecified atom stereocenters. The summed E-state index contributed by atoms with van der Waals surface area (Å²) in [7, 11) is 0. The quantitative estimate of drug-likeness (QED) is 0.200. The van der Waals surface area contributed by atoms with Gasteiger partial charge in [-0.2, -0.15) is 0 Å². The van der Waals surface area contributed by atoms with Gasteiger partial charge in [-0.3, -0.25) is 0 Å². The molecule has 0 atom stereocenters. The van der Waals surface area contributed by atoms with Gasteiger partial charge in [-0.1, -0.05) is 70.2 Å². The van der Waals surface area contributed by atoms with Gasteiger partial charge in [0, 0.05) is 51.6 Å². The maximum Gasteiger partial charge on any atom is 0.340 e. The molecule has 2 aliphatic heterocycles. The van der Waals surface area contributed by atoms with E-state index in [1.54, 1.807) is 0 Å². The Hall–Kier alpha value is -5.03. The van der Waals surface area contributed by atoms with Crippen molar-refractivity contribution in [1.29, 1.82) is 0 Å². The van der Waals surface area contributed by atoms with Crippen LogP contribution >= 0.6 is 0 Å². The summed E-state index contributed by atoms with van der Waals surface area (Å²) in [6, 6.07) is 36.6. The summed E-state index contributed by atoms with van der Waals surface area (Å²) in [5.41, 5.74) is 8.20. The molecule has 5 nitrogen and oxygen atoms in total. The second kappa shape index (κ2) is 10.4. The molecule has 5 heteroatoms. The number of anilines is 4. The number of hydrogen-bond donors (Lipinski definition) is 2. The first-order chi connectivity index (χ1) is 20.8. The number of carbonyl (C=O) groups is 1. The molecule has 0 aromatic heterocycles. The molecule has 0 saturated carbocycles. The van der Waals surface area contributed by atoms with Crippen LogP contribution in [0.25, 0.3) is 0 Å². The van der Waals surface area contributed by atoms with E-state index in [-0.39, 0.29) is 5.97 Å². The Bertz CT molecular complexity index is 1740. The molecule has 0 bridgehead atoms. The van der Waals surface area contributed by atoms with Gasteiger partial charge in [0.2, 0.25) is 0 Å². The minimum Gasteiger partial charge on any atom is -0.456 e. The van der Waals surface area contributed by atoms with E-state index in [0.29, 0.717) is 28.9 Å². The summed E-state index contributed by atoms with van der Waals surface area (Å²) in [5.74, 6) is 1.88. The monoisotopic (exact) mass is 566 g/mol. The highest BCUT2D eigenvalue weighted by molar-refractivity contribution is 5.97. The minimum atomic E-state index is -1.11. The Morgan fingerprint density at radius 3 is 1.51 bits per heavy atom. The van der Waals surface area contributed by atoms with Crippen LogP contribution in [0.1, 0.15) is 77.7 Å². The van der Waals surface area contributed by atoms with Crippen LogP contribution in [0.3, 0.4) is 0 Å². The number of fused-ring (bicyclic) bond motifs is 6. The largest absolute Gasteiger partial charge is 0.456 e. The molecule has 2 heterocycles. The smallest absolute Gasteiger partial charge is 0.340 e. The van der Waals surface area contributed by atoms with Crippen molar-refractivity contribution in [3.63, 3.8) is 0 Å². The number of nitrogens with one attached hydrogen (secondary N) is 2. The number of hydrogen-bond acceptors (Lipinski definition) is 5. The summed E-state index contributed by atoms with van der Waals surface area (Å²) in [6.45, 7) is 8.76. The Kier molecular flexibility index (Phi) is 6.46. The van der Waals surface area contributed by atoms with Gasteiger partial charge in [0.15, 0.2) is 5.60 Å². The standard InChI is InChI=1S/C38H34N2O3/c1-23(2)25-9-13-27(14-10-25)39-29-17-19-33-35(21-29)42-36-22-30(40-28-15-11-26(12-16-28)24(3)4)18-20-34(36)38(33)32-8-6-5-7-31(32)37(41)43-38/h5-24,39-40H,1-4H3. The van der Waals surface area contributed by atoms with Gasteiger partial charge in [-0.25, -0.2) is 4.79 Å². The van der Waals surface area contributed by atoms with Crippen LogP contribution in [0.5, 0.6) is 11.5 Å². The molecule has 2 aliphatic rings. The van der Waals surface area contributed by atoms with E-state index < -0.39 is 5.60 Å². The number of benzene rings is 5. The third kappa shape index (κ3) is 4.62. The topological polar surface area (TPSA) is 59.6 Å². The summed E-state index contributed by atoms with van der Waals surface area (Å²) in [6.07, 6.45) is 0. The molecular formula is C38H34N2O3. The molecule has 0 amide bonds. The molecule has 0 radical (unpaired) electrons. The molecule has 2 N–H and O–H groups in total. The lowest BCUT2D eigenvalue weighted by Crippen LogP contribution is -2.33. The van der Waals surface area contributed by atoms with Crippen LogP contribution in [-0.4, -0.2) is 5.97 Å². The van der Waals surface area contributed by atoms with Crippen molar-refractivity contribution in [2.75, 3.05) is 10.6 Å². The fraction of sp³-hybridized carbons (Fsp3) is 0.184. The van der Waals surface area contributed by atoms with Gasteiger partial charge in [-0.15, -0.1) is 0 Å². The molecule has 1 spiro atoms. The van der Waals surface area contributed by atoms with E-state index in [0.717, 1.165) is 39.4 Å². The first-order valence-corrected chi connectivity index (χ1v) is 14.9. The highest BCUT2D eigenvalue weighted by atomic mass is 16.6. The lowest BCUT2D eigenvalue weighted by Gasteiger charge is -2.37. The van der Waals surface area contributed by atoms with E-state index in [1.165, 1.54) is 11.1 Å². The van der Waals surface area contributed by atoms with Crippen molar-refractivity contribution in [2.24, 2.45) is 0 Å². The Morgan fingerprint density at radius 1 is 0.558 bits per heavy atom. The zero-order chi connectivity index (χ0) is 29.7. The molecular weight excluding hydrogens is 532 g/mol. The average Bonchev–Trinajstić information content (AvgIpc) is 3.30. The first kappa shape index (κ1) is 26.8. The van der Waals surface area contributed by atoms with Crippen LogP contribution in [0.4, 0.5) is 22.7 Å².